The molecule has 0 saturated carbocycles. The minimum atomic E-state index is -0.0659. The Labute approximate surface area is 97.4 Å². The minimum absolute atomic E-state index is 0.0659. The molecule has 1 aromatic rings. The fraction of sp³-hybridized carbons (Fsp3) is 0.538. The molecule has 2 heteroatoms. The van der Waals surface area contributed by atoms with E-state index in [-0.39, 0.29) is 5.54 Å². The highest BCUT2D eigenvalue weighted by atomic mass is 32.2. The van der Waals surface area contributed by atoms with Gasteiger partial charge in [0.1, 0.15) is 0 Å². The Balaban J connectivity index is 2.51. The molecule has 0 amide bonds. The molecule has 0 spiro atoms. The predicted octanol–water partition coefficient (Wildman–Crippen LogP) is 3.27. The molecule has 0 aliphatic rings. The third kappa shape index (κ3) is 5.24. The van der Waals surface area contributed by atoms with Crippen LogP contribution in [0.1, 0.15) is 30.5 Å². The van der Waals surface area contributed by atoms with Gasteiger partial charge < -0.3 is 5.73 Å². The summed E-state index contributed by atoms with van der Waals surface area (Å²) < 4.78 is 0. The van der Waals surface area contributed by atoms with Crippen LogP contribution in [0, 0.1) is 13.8 Å². The van der Waals surface area contributed by atoms with Crippen LogP contribution in [0.25, 0.3) is 0 Å². The predicted molar refractivity (Wildman–Crippen MR) is 70.3 cm³/mol. The second-order valence-electron chi connectivity index (χ2n) is 4.98. The van der Waals surface area contributed by atoms with Crippen LogP contribution in [0.5, 0.6) is 0 Å². The maximum Gasteiger partial charge on any atom is 0.0188 e. The van der Waals surface area contributed by atoms with E-state index in [9.17, 15) is 0 Å². The van der Waals surface area contributed by atoms with E-state index in [0.717, 1.165) is 11.5 Å². The molecule has 1 nitrogen and oxygen atoms in total. The number of hydrogen-bond acceptors (Lipinski definition) is 2. The molecule has 0 unspecified atom stereocenters. The summed E-state index contributed by atoms with van der Waals surface area (Å²) in [6.45, 7) is 8.44. The number of thioether (sulfide) groups is 1. The standard InChI is InChI=1S/C13H21NS/c1-10-5-11(2)7-12(6-10)8-15-9-13(3,4)14/h5-7H,8-9,14H2,1-4H3. The molecule has 0 radical (unpaired) electrons. The molecular weight excluding hydrogens is 202 g/mol. The van der Waals surface area contributed by atoms with Gasteiger partial charge in [-0.15, -0.1) is 0 Å². The highest BCUT2D eigenvalue weighted by Gasteiger charge is 2.10. The lowest BCUT2D eigenvalue weighted by Crippen LogP contribution is -2.34. The average Bonchev–Trinajstić information content (AvgIpc) is 1.99. The fourth-order valence-corrected chi connectivity index (χ4v) is 2.61. The van der Waals surface area contributed by atoms with Gasteiger partial charge in [-0.1, -0.05) is 29.3 Å². The average molecular weight is 223 g/mol. The van der Waals surface area contributed by atoms with Crippen LogP contribution >= 0.6 is 11.8 Å². The molecular formula is C13H21NS. The lowest BCUT2D eigenvalue weighted by atomic mass is 10.1. The number of nitrogens with two attached hydrogens (primary N) is 1. The maximum absolute atomic E-state index is 5.94. The van der Waals surface area contributed by atoms with Gasteiger partial charge in [0.25, 0.3) is 0 Å². The van der Waals surface area contributed by atoms with E-state index < -0.39 is 0 Å². The van der Waals surface area contributed by atoms with Gasteiger partial charge in [0.15, 0.2) is 0 Å². The summed E-state index contributed by atoms with van der Waals surface area (Å²) in [5, 5.41) is 0. The molecule has 0 aromatic heterocycles. The van der Waals surface area contributed by atoms with E-state index in [0.29, 0.717) is 0 Å². The monoisotopic (exact) mass is 223 g/mol. The van der Waals surface area contributed by atoms with Gasteiger partial charge in [-0.3, -0.25) is 0 Å². The number of rotatable bonds is 4. The first kappa shape index (κ1) is 12.6. The van der Waals surface area contributed by atoms with Crippen molar-refractivity contribution in [2.24, 2.45) is 5.73 Å². The van der Waals surface area contributed by atoms with Crippen molar-refractivity contribution in [3.63, 3.8) is 0 Å². The van der Waals surface area contributed by atoms with Crippen molar-refractivity contribution in [3.05, 3.63) is 34.9 Å². The SMILES string of the molecule is Cc1cc(C)cc(CSCC(C)(C)N)c1. The van der Waals surface area contributed by atoms with Crippen LogP contribution in [-0.4, -0.2) is 11.3 Å². The van der Waals surface area contributed by atoms with Gasteiger partial charge >= 0.3 is 0 Å². The van der Waals surface area contributed by atoms with E-state index in [2.05, 4.69) is 45.9 Å². The van der Waals surface area contributed by atoms with Crippen molar-refractivity contribution in [3.8, 4) is 0 Å². The largest absolute Gasteiger partial charge is 0.325 e. The second-order valence-corrected chi connectivity index (χ2v) is 5.96. The molecule has 0 aliphatic heterocycles. The number of benzene rings is 1. The zero-order valence-electron chi connectivity index (χ0n) is 10.1. The first-order chi connectivity index (χ1) is 6.87. The molecule has 1 rings (SSSR count). The molecule has 84 valence electrons. The molecule has 0 saturated heterocycles. The lowest BCUT2D eigenvalue weighted by molar-refractivity contribution is 0.591. The van der Waals surface area contributed by atoms with Crippen LogP contribution in [0.3, 0.4) is 0 Å². The van der Waals surface area contributed by atoms with Gasteiger partial charge in [0.2, 0.25) is 0 Å². The fourth-order valence-electron chi connectivity index (χ4n) is 1.58. The Bertz CT molecular complexity index is 306. The smallest absolute Gasteiger partial charge is 0.0188 e. The minimum Gasteiger partial charge on any atom is -0.325 e. The quantitative estimate of drug-likeness (QED) is 0.848. The Morgan fingerprint density at radius 1 is 1.13 bits per heavy atom. The first-order valence-electron chi connectivity index (χ1n) is 5.31. The Kier molecular flexibility index (Phi) is 4.23. The Morgan fingerprint density at radius 2 is 1.67 bits per heavy atom. The zero-order chi connectivity index (χ0) is 11.5. The molecule has 0 fully saturated rings. The highest BCUT2D eigenvalue weighted by Crippen LogP contribution is 2.18. The summed E-state index contributed by atoms with van der Waals surface area (Å²) in [5.41, 5.74) is 9.97. The van der Waals surface area contributed by atoms with Crippen molar-refractivity contribution >= 4 is 11.8 Å². The number of aryl methyl sites for hydroxylation is 2. The maximum atomic E-state index is 5.94. The summed E-state index contributed by atoms with van der Waals surface area (Å²) in [7, 11) is 0. The molecule has 15 heavy (non-hydrogen) atoms. The van der Waals surface area contributed by atoms with E-state index in [1.54, 1.807) is 0 Å². The Morgan fingerprint density at radius 3 is 2.13 bits per heavy atom. The molecule has 0 heterocycles. The van der Waals surface area contributed by atoms with Crippen LogP contribution in [0.15, 0.2) is 18.2 Å². The van der Waals surface area contributed by atoms with Crippen molar-refractivity contribution in [1.82, 2.24) is 0 Å². The second kappa shape index (κ2) is 5.04. The zero-order valence-corrected chi connectivity index (χ0v) is 10.9. The van der Waals surface area contributed by atoms with E-state index in [1.165, 1.54) is 16.7 Å². The summed E-state index contributed by atoms with van der Waals surface area (Å²) in [6, 6.07) is 6.72. The summed E-state index contributed by atoms with van der Waals surface area (Å²) in [5.74, 6) is 2.06. The molecule has 0 aliphatic carbocycles. The molecule has 0 bridgehead atoms. The summed E-state index contributed by atoms with van der Waals surface area (Å²) >= 11 is 1.91. The highest BCUT2D eigenvalue weighted by molar-refractivity contribution is 7.98. The summed E-state index contributed by atoms with van der Waals surface area (Å²) in [4.78, 5) is 0. The van der Waals surface area contributed by atoms with Crippen LogP contribution in [-0.2, 0) is 5.75 Å². The molecule has 0 atom stereocenters. The molecule has 1 aromatic carbocycles. The third-order valence-corrected chi connectivity index (χ3v) is 3.51. The van der Waals surface area contributed by atoms with E-state index >= 15 is 0 Å². The third-order valence-electron chi connectivity index (χ3n) is 2.02. The van der Waals surface area contributed by atoms with Crippen molar-refractivity contribution < 1.29 is 0 Å². The normalized spacial score (nSPS) is 11.8. The van der Waals surface area contributed by atoms with E-state index in [1.807, 2.05) is 11.8 Å². The van der Waals surface area contributed by atoms with Crippen LogP contribution in [0.4, 0.5) is 0 Å². The van der Waals surface area contributed by atoms with Gasteiger partial charge in [0.05, 0.1) is 0 Å². The van der Waals surface area contributed by atoms with E-state index in [4.69, 9.17) is 5.73 Å². The van der Waals surface area contributed by atoms with Crippen LogP contribution in [0.2, 0.25) is 0 Å². The van der Waals surface area contributed by atoms with Gasteiger partial charge in [-0.2, -0.15) is 11.8 Å². The van der Waals surface area contributed by atoms with Crippen molar-refractivity contribution in [2.45, 2.75) is 39.0 Å². The van der Waals surface area contributed by atoms with Gasteiger partial charge in [0, 0.05) is 17.0 Å². The van der Waals surface area contributed by atoms with Crippen molar-refractivity contribution in [1.29, 1.82) is 0 Å². The van der Waals surface area contributed by atoms with Crippen molar-refractivity contribution in [2.75, 3.05) is 5.75 Å². The number of hydrogen-bond donors (Lipinski definition) is 1. The molecule has 2 N–H and O–H groups in total. The topological polar surface area (TPSA) is 26.0 Å². The summed E-state index contributed by atoms with van der Waals surface area (Å²) in [6.07, 6.45) is 0. The van der Waals surface area contributed by atoms with Gasteiger partial charge in [-0.05, 0) is 33.3 Å². The van der Waals surface area contributed by atoms with Gasteiger partial charge in [-0.25, -0.2) is 0 Å². The lowest BCUT2D eigenvalue weighted by Gasteiger charge is -2.17. The first-order valence-corrected chi connectivity index (χ1v) is 6.46. The Hall–Kier alpha value is -0.470. The van der Waals surface area contributed by atoms with Crippen LogP contribution < -0.4 is 5.73 Å².